The maximum atomic E-state index is 11.6. The lowest BCUT2D eigenvalue weighted by Gasteiger charge is -2.01. The first-order valence-corrected chi connectivity index (χ1v) is 6.02. The smallest absolute Gasteiger partial charge is 0.202 e. The summed E-state index contributed by atoms with van der Waals surface area (Å²) in [6, 6.07) is 9.43. The van der Waals surface area contributed by atoms with Crippen LogP contribution in [-0.4, -0.2) is 9.19 Å². The van der Waals surface area contributed by atoms with Gasteiger partial charge in [0.05, 0.1) is 0 Å². The van der Waals surface area contributed by atoms with Gasteiger partial charge in [0.2, 0.25) is 4.34 Å². The van der Waals surface area contributed by atoms with Gasteiger partial charge in [-0.3, -0.25) is 4.72 Å². The average molecular weight is 224 g/mol. The van der Waals surface area contributed by atoms with E-state index < -0.39 is 11.0 Å². The van der Waals surface area contributed by atoms with E-state index in [1.54, 1.807) is 11.6 Å². The van der Waals surface area contributed by atoms with E-state index in [-0.39, 0.29) is 0 Å². The van der Waals surface area contributed by atoms with E-state index in [0.717, 1.165) is 5.69 Å². The zero-order valence-electron chi connectivity index (χ0n) is 7.21. The predicted octanol–water partition coefficient (Wildman–Crippen LogP) is 2.28. The van der Waals surface area contributed by atoms with E-state index in [4.69, 9.17) is 0 Å². The molecule has 1 atom stereocenters. The van der Waals surface area contributed by atoms with Crippen molar-refractivity contribution >= 4 is 28.0 Å². The Morgan fingerprint density at radius 3 is 2.71 bits per heavy atom. The SMILES string of the molecule is O=S(Nc1ccccc1)c1nccs1. The van der Waals surface area contributed by atoms with Gasteiger partial charge in [-0.2, -0.15) is 0 Å². The zero-order chi connectivity index (χ0) is 9.80. The molecule has 2 aromatic rings. The van der Waals surface area contributed by atoms with E-state index in [1.807, 2.05) is 30.3 Å². The summed E-state index contributed by atoms with van der Waals surface area (Å²) >= 11 is 1.38. The Bertz CT molecular complexity index is 414. The van der Waals surface area contributed by atoms with Crippen molar-refractivity contribution in [2.24, 2.45) is 0 Å². The Kier molecular flexibility index (Phi) is 2.90. The standard InChI is InChI=1S/C9H8N2OS2/c12-14(9-10-6-7-13-9)11-8-4-2-1-3-5-8/h1-7,11H. The summed E-state index contributed by atoms with van der Waals surface area (Å²) < 4.78 is 15.1. The van der Waals surface area contributed by atoms with Crippen LogP contribution in [0.25, 0.3) is 0 Å². The normalized spacial score (nSPS) is 12.3. The van der Waals surface area contributed by atoms with Crippen LogP contribution in [0.15, 0.2) is 46.2 Å². The molecule has 0 fully saturated rings. The highest BCUT2D eigenvalue weighted by atomic mass is 32.2. The average Bonchev–Trinajstić information content (AvgIpc) is 2.72. The summed E-state index contributed by atoms with van der Waals surface area (Å²) in [5, 5.41) is 1.81. The van der Waals surface area contributed by atoms with Crippen LogP contribution < -0.4 is 4.72 Å². The lowest BCUT2D eigenvalue weighted by Crippen LogP contribution is -2.03. The predicted molar refractivity (Wildman–Crippen MR) is 58.6 cm³/mol. The molecule has 2 rings (SSSR count). The van der Waals surface area contributed by atoms with Crippen LogP contribution in [0.2, 0.25) is 0 Å². The van der Waals surface area contributed by atoms with Gasteiger partial charge in [0.15, 0.2) is 11.0 Å². The van der Waals surface area contributed by atoms with Gasteiger partial charge in [0, 0.05) is 17.3 Å². The van der Waals surface area contributed by atoms with E-state index in [1.165, 1.54) is 11.3 Å². The van der Waals surface area contributed by atoms with Gasteiger partial charge < -0.3 is 0 Å². The van der Waals surface area contributed by atoms with Crippen LogP contribution in [-0.2, 0) is 11.0 Å². The maximum absolute atomic E-state index is 11.6. The summed E-state index contributed by atoms with van der Waals surface area (Å²) in [5.74, 6) is 0. The minimum atomic E-state index is -1.25. The van der Waals surface area contributed by atoms with E-state index in [9.17, 15) is 4.21 Å². The fraction of sp³-hybridized carbons (Fsp3) is 0. The third-order valence-electron chi connectivity index (χ3n) is 1.55. The minimum absolute atomic E-state index is 0.592. The topological polar surface area (TPSA) is 42.0 Å². The van der Waals surface area contributed by atoms with Gasteiger partial charge in [-0.25, -0.2) is 9.19 Å². The minimum Gasteiger partial charge on any atom is -0.299 e. The van der Waals surface area contributed by atoms with Crippen molar-refractivity contribution in [2.45, 2.75) is 4.34 Å². The monoisotopic (exact) mass is 224 g/mol. The summed E-state index contributed by atoms with van der Waals surface area (Å²) in [4.78, 5) is 3.97. The van der Waals surface area contributed by atoms with Crippen molar-refractivity contribution in [1.82, 2.24) is 4.98 Å². The van der Waals surface area contributed by atoms with E-state index in [0.29, 0.717) is 4.34 Å². The van der Waals surface area contributed by atoms with Crippen molar-refractivity contribution in [1.29, 1.82) is 0 Å². The maximum Gasteiger partial charge on any atom is 0.202 e. The molecule has 0 aliphatic heterocycles. The third kappa shape index (κ3) is 2.18. The summed E-state index contributed by atoms with van der Waals surface area (Å²) in [6.07, 6.45) is 1.64. The molecule has 0 amide bonds. The van der Waals surface area contributed by atoms with Crippen molar-refractivity contribution < 1.29 is 4.21 Å². The summed E-state index contributed by atoms with van der Waals surface area (Å²) in [5.41, 5.74) is 0.834. The molecule has 1 heterocycles. The number of benzene rings is 1. The van der Waals surface area contributed by atoms with Crippen LogP contribution >= 0.6 is 11.3 Å². The van der Waals surface area contributed by atoms with E-state index in [2.05, 4.69) is 9.71 Å². The number of para-hydroxylation sites is 1. The molecule has 0 aliphatic rings. The number of hydrogen-bond acceptors (Lipinski definition) is 3. The quantitative estimate of drug-likeness (QED) is 0.869. The Morgan fingerprint density at radius 2 is 2.07 bits per heavy atom. The highest BCUT2D eigenvalue weighted by molar-refractivity contribution is 7.88. The van der Waals surface area contributed by atoms with Crippen molar-refractivity contribution in [3.63, 3.8) is 0 Å². The second-order valence-electron chi connectivity index (χ2n) is 2.53. The Balaban J connectivity index is 2.10. The van der Waals surface area contributed by atoms with Crippen LogP contribution in [0.5, 0.6) is 0 Å². The molecule has 14 heavy (non-hydrogen) atoms. The number of rotatable bonds is 3. The fourth-order valence-corrected chi connectivity index (χ4v) is 2.55. The molecule has 1 aromatic carbocycles. The first kappa shape index (κ1) is 9.36. The van der Waals surface area contributed by atoms with Gasteiger partial charge in [-0.05, 0) is 12.1 Å². The molecule has 0 saturated carbocycles. The van der Waals surface area contributed by atoms with Crippen molar-refractivity contribution in [3.05, 3.63) is 41.9 Å². The Morgan fingerprint density at radius 1 is 1.29 bits per heavy atom. The van der Waals surface area contributed by atoms with Gasteiger partial charge in [0.25, 0.3) is 0 Å². The molecule has 1 unspecified atom stereocenters. The van der Waals surface area contributed by atoms with Gasteiger partial charge in [-0.15, -0.1) is 11.3 Å². The highest BCUT2D eigenvalue weighted by Gasteiger charge is 2.05. The van der Waals surface area contributed by atoms with Crippen LogP contribution in [0.1, 0.15) is 0 Å². The molecule has 0 spiro atoms. The molecule has 0 radical (unpaired) electrons. The second-order valence-corrected chi connectivity index (χ2v) is 4.82. The zero-order valence-corrected chi connectivity index (χ0v) is 8.85. The molecule has 1 N–H and O–H groups in total. The number of hydrogen-bond donors (Lipinski definition) is 1. The Hall–Kier alpha value is -1.20. The van der Waals surface area contributed by atoms with Gasteiger partial charge in [0.1, 0.15) is 0 Å². The molecule has 0 aliphatic carbocycles. The summed E-state index contributed by atoms with van der Waals surface area (Å²) in [7, 11) is -1.25. The number of aromatic nitrogens is 1. The van der Waals surface area contributed by atoms with Crippen LogP contribution in [0, 0.1) is 0 Å². The number of nitrogens with one attached hydrogen (secondary N) is 1. The van der Waals surface area contributed by atoms with Crippen LogP contribution in [0.4, 0.5) is 5.69 Å². The molecule has 1 aromatic heterocycles. The molecule has 3 nitrogen and oxygen atoms in total. The largest absolute Gasteiger partial charge is 0.299 e. The Labute approximate surface area is 88.4 Å². The third-order valence-corrected chi connectivity index (χ3v) is 3.70. The van der Waals surface area contributed by atoms with E-state index >= 15 is 0 Å². The van der Waals surface area contributed by atoms with Crippen molar-refractivity contribution in [3.8, 4) is 0 Å². The first-order chi connectivity index (χ1) is 6.86. The molecule has 0 saturated heterocycles. The lowest BCUT2D eigenvalue weighted by atomic mass is 10.3. The second kappa shape index (κ2) is 4.34. The molecule has 5 heteroatoms. The summed E-state index contributed by atoms with van der Waals surface area (Å²) in [6.45, 7) is 0. The molecule has 72 valence electrons. The fourth-order valence-electron chi connectivity index (χ4n) is 0.959. The first-order valence-electron chi connectivity index (χ1n) is 3.99. The number of anilines is 1. The lowest BCUT2D eigenvalue weighted by molar-refractivity contribution is 0.685. The molecular formula is C9H8N2OS2. The van der Waals surface area contributed by atoms with Gasteiger partial charge in [-0.1, -0.05) is 18.2 Å². The van der Waals surface area contributed by atoms with Crippen molar-refractivity contribution in [2.75, 3.05) is 4.72 Å². The highest BCUT2D eigenvalue weighted by Crippen LogP contribution is 2.13. The molecule has 0 bridgehead atoms. The molecular weight excluding hydrogens is 216 g/mol. The van der Waals surface area contributed by atoms with Crippen LogP contribution in [0.3, 0.4) is 0 Å². The number of thiazole rings is 1. The van der Waals surface area contributed by atoms with Gasteiger partial charge >= 0.3 is 0 Å². The number of nitrogens with zero attached hydrogens (tertiary/aromatic N) is 1.